The summed E-state index contributed by atoms with van der Waals surface area (Å²) in [4.78, 5) is 0. The molecule has 0 unspecified atom stereocenters. The van der Waals surface area contributed by atoms with Crippen molar-refractivity contribution in [2.45, 2.75) is 33.0 Å². The highest BCUT2D eigenvalue weighted by Crippen LogP contribution is 2.32. The van der Waals surface area contributed by atoms with Gasteiger partial charge in [-0.15, -0.1) is 0 Å². The van der Waals surface area contributed by atoms with Crippen molar-refractivity contribution in [1.82, 2.24) is 5.32 Å². The monoisotopic (exact) mass is 313 g/mol. The number of halogens is 2. The van der Waals surface area contributed by atoms with Crippen LogP contribution in [0.5, 0.6) is 5.75 Å². The minimum absolute atomic E-state index is 0.395. The lowest BCUT2D eigenvalue weighted by Crippen LogP contribution is -2.22. The summed E-state index contributed by atoms with van der Waals surface area (Å²) in [7, 11) is 0. The van der Waals surface area contributed by atoms with Crippen molar-refractivity contribution in [2.75, 3.05) is 0 Å². The van der Waals surface area contributed by atoms with E-state index in [0.717, 1.165) is 11.3 Å². The third kappa shape index (κ3) is 3.92. The van der Waals surface area contributed by atoms with Crippen LogP contribution in [0.15, 0.2) is 34.9 Å². The number of hydrogen-bond donors (Lipinski definition) is 1. The molecule has 0 aliphatic rings. The van der Waals surface area contributed by atoms with Crippen LogP contribution < -0.4 is 10.1 Å². The fraction of sp³-hybridized carbons (Fsp3) is 0.333. The van der Waals surface area contributed by atoms with Crippen molar-refractivity contribution in [1.29, 1.82) is 0 Å². The van der Waals surface area contributed by atoms with Crippen molar-refractivity contribution in [2.24, 2.45) is 0 Å². The summed E-state index contributed by atoms with van der Waals surface area (Å²) in [6, 6.07) is 7.62. The first-order chi connectivity index (χ1) is 9.58. The molecule has 0 bridgehead atoms. The van der Waals surface area contributed by atoms with Gasteiger partial charge in [0.2, 0.25) is 0 Å². The maximum Gasteiger partial charge on any atom is 0.139 e. The zero-order chi connectivity index (χ0) is 14.5. The molecule has 20 heavy (non-hydrogen) atoms. The van der Waals surface area contributed by atoms with Crippen LogP contribution in [-0.2, 0) is 13.2 Å². The van der Waals surface area contributed by atoms with Crippen molar-refractivity contribution in [3.05, 3.63) is 51.9 Å². The number of ether oxygens (including phenoxy) is 1. The Hall–Kier alpha value is -1.16. The quantitative estimate of drug-likeness (QED) is 0.842. The summed E-state index contributed by atoms with van der Waals surface area (Å²) in [5, 5.41) is 4.22. The number of hydrogen-bond acceptors (Lipinski definition) is 3. The maximum absolute atomic E-state index is 6.08. The highest BCUT2D eigenvalue weighted by atomic mass is 35.5. The third-order valence-corrected chi connectivity index (χ3v) is 3.61. The molecule has 2 rings (SSSR count). The van der Waals surface area contributed by atoms with Gasteiger partial charge >= 0.3 is 0 Å². The molecule has 0 spiro atoms. The summed E-state index contributed by atoms with van der Waals surface area (Å²) < 4.78 is 11.2. The average Bonchev–Trinajstić information content (AvgIpc) is 2.85. The molecule has 1 aromatic carbocycles. The molecule has 108 valence electrons. The summed E-state index contributed by atoms with van der Waals surface area (Å²) in [5.74, 6) is 1.44. The van der Waals surface area contributed by atoms with E-state index in [1.165, 1.54) is 0 Å². The molecule has 3 nitrogen and oxygen atoms in total. The van der Waals surface area contributed by atoms with Crippen molar-refractivity contribution >= 4 is 23.2 Å². The van der Waals surface area contributed by atoms with E-state index in [4.69, 9.17) is 32.4 Å². The molecule has 0 saturated carbocycles. The lowest BCUT2D eigenvalue weighted by atomic mass is 10.2. The van der Waals surface area contributed by atoms with E-state index < -0.39 is 0 Å². The van der Waals surface area contributed by atoms with Gasteiger partial charge in [-0.3, -0.25) is 0 Å². The first-order valence-electron chi connectivity index (χ1n) is 6.43. The third-order valence-electron chi connectivity index (χ3n) is 2.81. The van der Waals surface area contributed by atoms with Gasteiger partial charge in [-0.25, -0.2) is 0 Å². The topological polar surface area (TPSA) is 34.4 Å². The fourth-order valence-electron chi connectivity index (χ4n) is 1.70. The van der Waals surface area contributed by atoms with Crippen LogP contribution in [0.3, 0.4) is 0 Å². The Morgan fingerprint density at radius 1 is 1.25 bits per heavy atom. The Bertz CT molecular complexity index is 567. The van der Waals surface area contributed by atoms with Crippen LogP contribution >= 0.6 is 23.2 Å². The average molecular weight is 314 g/mol. The van der Waals surface area contributed by atoms with Gasteiger partial charge in [-0.05, 0) is 18.2 Å². The van der Waals surface area contributed by atoms with E-state index in [-0.39, 0.29) is 0 Å². The largest absolute Gasteiger partial charge is 0.487 e. The van der Waals surface area contributed by atoms with Gasteiger partial charge in [-0.2, -0.15) is 0 Å². The number of furan rings is 1. The Morgan fingerprint density at radius 3 is 2.80 bits per heavy atom. The van der Waals surface area contributed by atoms with E-state index in [1.54, 1.807) is 24.5 Å². The van der Waals surface area contributed by atoms with Crippen LogP contribution in [0.2, 0.25) is 10.0 Å². The first kappa shape index (κ1) is 15.2. The molecule has 1 aromatic heterocycles. The Kier molecular flexibility index (Phi) is 5.35. The molecular formula is C15H17Cl2NO2. The highest BCUT2D eigenvalue weighted by Gasteiger charge is 2.10. The number of rotatable bonds is 6. The molecule has 0 aliphatic heterocycles. The predicted molar refractivity (Wildman–Crippen MR) is 81.5 cm³/mol. The molecule has 0 saturated heterocycles. The van der Waals surface area contributed by atoms with E-state index in [9.17, 15) is 0 Å². The van der Waals surface area contributed by atoms with Crippen LogP contribution in [0.25, 0.3) is 0 Å². The van der Waals surface area contributed by atoms with Gasteiger partial charge in [-0.1, -0.05) is 43.1 Å². The zero-order valence-corrected chi connectivity index (χ0v) is 13.0. The Labute approximate surface area is 128 Å². The van der Waals surface area contributed by atoms with E-state index in [1.807, 2.05) is 6.07 Å². The van der Waals surface area contributed by atoms with Gasteiger partial charge in [0, 0.05) is 11.6 Å². The summed E-state index contributed by atoms with van der Waals surface area (Å²) in [6.45, 7) is 5.24. The minimum atomic E-state index is 0.395. The second-order valence-corrected chi connectivity index (χ2v) is 5.53. The maximum atomic E-state index is 6.08. The van der Waals surface area contributed by atoms with Gasteiger partial charge in [0.15, 0.2) is 0 Å². The summed E-state index contributed by atoms with van der Waals surface area (Å²) >= 11 is 12.0. The molecule has 2 aromatic rings. The second-order valence-electron chi connectivity index (χ2n) is 4.75. The number of benzene rings is 1. The predicted octanol–water partition coefficient (Wildman–Crippen LogP) is 4.66. The number of nitrogens with one attached hydrogen (secondary N) is 1. The SMILES string of the molecule is CC(C)NCc1occc1COc1cccc(Cl)c1Cl. The Balaban J connectivity index is 2.00. The second kappa shape index (κ2) is 7.02. The molecule has 0 fully saturated rings. The minimum Gasteiger partial charge on any atom is -0.487 e. The van der Waals surface area contributed by atoms with Crippen LogP contribution in [-0.4, -0.2) is 6.04 Å². The van der Waals surface area contributed by atoms with Gasteiger partial charge in [0.25, 0.3) is 0 Å². The van der Waals surface area contributed by atoms with Gasteiger partial charge in [0.1, 0.15) is 23.1 Å². The molecule has 1 N–H and O–H groups in total. The highest BCUT2D eigenvalue weighted by molar-refractivity contribution is 6.42. The lowest BCUT2D eigenvalue weighted by Gasteiger charge is -2.10. The standard InChI is InChI=1S/C15H17Cl2NO2/c1-10(2)18-8-14-11(6-7-19-14)9-20-13-5-3-4-12(16)15(13)17/h3-7,10,18H,8-9H2,1-2H3. The molecule has 0 radical (unpaired) electrons. The molecular weight excluding hydrogens is 297 g/mol. The first-order valence-corrected chi connectivity index (χ1v) is 7.19. The van der Waals surface area contributed by atoms with E-state index >= 15 is 0 Å². The normalized spacial score (nSPS) is 11.1. The Morgan fingerprint density at radius 2 is 2.05 bits per heavy atom. The smallest absolute Gasteiger partial charge is 0.139 e. The molecule has 5 heteroatoms. The molecule has 0 aliphatic carbocycles. The van der Waals surface area contributed by atoms with Gasteiger partial charge < -0.3 is 14.5 Å². The van der Waals surface area contributed by atoms with Crippen LogP contribution in [0.1, 0.15) is 25.2 Å². The fourth-order valence-corrected chi connectivity index (χ4v) is 2.04. The van der Waals surface area contributed by atoms with Crippen LogP contribution in [0, 0.1) is 0 Å². The van der Waals surface area contributed by atoms with E-state index in [0.29, 0.717) is 35.0 Å². The van der Waals surface area contributed by atoms with Crippen molar-refractivity contribution in [3.8, 4) is 5.75 Å². The molecule has 0 atom stereocenters. The van der Waals surface area contributed by atoms with Crippen molar-refractivity contribution in [3.63, 3.8) is 0 Å². The van der Waals surface area contributed by atoms with Gasteiger partial charge in [0.05, 0.1) is 17.8 Å². The van der Waals surface area contributed by atoms with Crippen LogP contribution in [0.4, 0.5) is 0 Å². The summed E-state index contributed by atoms with van der Waals surface area (Å²) in [6.07, 6.45) is 1.66. The summed E-state index contributed by atoms with van der Waals surface area (Å²) in [5.41, 5.74) is 0.995. The lowest BCUT2D eigenvalue weighted by molar-refractivity contribution is 0.301. The van der Waals surface area contributed by atoms with Crippen molar-refractivity contribution < 1.29 is 9.15 Å². The zero-order valence-electron chi connectivity index (χ0n) is 11.5. The molecule has 0 amide bonds. The molecule has 1 heterocycles. The van der Waals surface area contributed by atoms with E-state index in [2.05, 4.69) is 19.2 Å².